The molecule has 0 fully saturated rings. The molecule has 0 N–H and O–H groups in total. The first kappa shape index (κ1) is 26.6. The minimum atomic E-state index is 0.821. The van der Waals surface area contributed by atoms with E-state index in [0.29, 0.717) is 0 Å². The Bertz CT molecular complexity index is 1880. The molecule has 0 spiro atoms. The maximum absolute atomic E-state index is 2.47. The molecule has 43 heavy (non-hydrogen) atoms. The summed E-state index contributed by atoms with van der Waals surface area (Å²) in [6.07, 6.45) is 21.8. The third-order valence-corrected chi connectivity index (χ3v) is 8.19. The lowest BCUT2D eigenvalue weighted by Gasteiger charge is -2.35. The molecule has 0 amide bonds. The van der Waals surface area contributed by atoms with E-state index in [9.17, 15) is 0 Å². The summed E-state index contributed by atoms with van der Waals surface area (Å²) in [5, 5.41) is 2.44. The second-order valence-corrected chi connectivity index (χ2v) is 10.9. The number of benzene rings is 5. The number of nitrogens with zero attached hydrogens (tertiary/aromatic N) is 2. The van der Waals surface area contributed by atoms with Crippen molar-refractivity contribution >= 4 is 45.3 Å². The fourth-order valence-corrected chi connectivity index (χ4v) is 6.25. The quantitative estimate of drug-likeness (QED) is 0.193. The van der Waals surface area contributed by atoms with Crippen LogP contribution in [0.5, 0.6) is 0 Å². The maximum Gasteiger partial charge on any atom is 0.0616 e. The van der Waals surface area contributed by atoms with Crippen LogP contribution in [0.2, 0.25) is 0 Å². The standard InChI is InChI=1S/C41H34N2/c1-31-19-15-18-30-39(31)43(34-24-7-2-3-8-25-34)41-37-27-14-6-13-26-35(37)40(36-28-16-17-29-38(36)41)42(32-20-9-4-10-21-32)33-22-11-5-12-23-33/h2,4-25,27-30H,3,26H2,1H3. The molecule has 0 radical (unpaired) electrons. The summed E-state index contributed by atoms with van der Waals surface area (Å²) in [6, 6.07) is 39.1. The van der Waals surface area contributed by atoms with Gasteiger partial charge in [0.1, 0.15) is 0 Å². The molecular formula is C41H34N2. The van der Waals surface area contributed by atoms with Crippen molar-refractivity contribution in [3.05, 3.63) is 180 Å². The molecule has 0 atom stereocenters. The highest BCUT2D eigenvalue weighted by Crippen LogP contribution is 2.50. The van der Waals surface area contributed by atoms with Crippen LogP contribution in [-0.2, 0) is 6.42 Å². The van der Waals surface area contributed by atoms with E-state index in [1.807, 2.05) is 0 Å². The van der Waals surface area contributed by atoms with Gasteiger partial charge in [0.25, 0.3) is 0 Å². The van der Waals surface area contributed by atoms with Crippen LogP contribution in [0.15, 0.2) is 163 Å². The molecule has 0 saturated carbocycles. The summed E-state index contributed by atoms with van der Waals surface area (Å²) in [5.74, 6) is 0. The van der Waals surface area contributed by atoms with Crippen molar-refractivity contribution in [3.63, 3.8) is 0 Å². The fraction of sp³-hybridized carbons (Fsp3) is 0.0732. The molecule has 2 nitrogen and oxygen atoms in total. The van der Waals surface area contributed by atoms with Gasteiger partial charge in [0, 0.05) is 39.1 Å². The van der Waals surface area contributed by atoms with E-state index < -0.39 is 0 Å². The molecule has 2 aliphatic carbocycles. The Morgan fingerprint density at radius 1 is 0.535 bits per heavy atom. The second kappa shape index (κ2) is 11.9. The van der Waals surface area contributed by atoms with Crippen LogP contribution in [0.3, 0.4) is 0 Å². The summed E-state index contributed by atoms with van der Waals surface area (Å²) in [7, 11) is 0. The number of aryl methyl sites for hydroxylation is 1. The molecule has 5 aromatic carbocycles. The van der Waals surface area contributed by atoms with Crippen molar-refractivity contribution in [1.82, 2.24) is 0 Å². The lowest BCUT2D eigenvalue weighted by atomic mass is 9.91. The Hall–Kier alpha value is -5.34. The van der Waals surface area contributed by atoms with Gasteiger partial charge in [-0.3, -0.25) is 0 Å². The zero-order chi connectivity index (χ0) is 29.0. The Morgan fingerprint density at radius 2 is 1.19 bits per heavy atom. The van der Waals surface area contributed by atoms with E-state index in [1.54, 1.807) is 0 Å². The normalized spacial score (nSPS) is 13.7. The van der Waals surface area contributed by atoms with Gasteiger partial charge in [0.15, 0.2) is 0 Å². The first-order chi connectivity index (χ1) is 21.3. The SMILES string of the molecule is Cc1ccccc1N(C1=CC=CCC=C1)c1c2c(c(N(c3ccccc3)c3ccccc3)c3ccccc13)CC=CC=C2. The fourth-order valence-electron chi connectivity index (χ4n) is 6.25. The van der Waals surface area contributed by atoms with Crippen molar-refractivity contribution < 1.29 is 0 Å². The molecule has 0 unspecified atom stereocenters. The van der Waals surface area contributed by atoms with Crippen molar-refractivity contribution in [1.29, 1.82) is 0 Å². The first-order valence-corrected chi connectivity index (χ1v) is 15.0. The van der Waals surface area contributed by atoms with Gasteiger partial charge in [0.05, 0.1) is 11.4 Å². The molecule has 2 aliphatic rings. The highest BCUT2D eigenvalue weighted by atomic mass is 15.2. The Labute approximate surface area is 254 Å². The molecule has 0 bridgehead atoms. The molecule has 7 rings (SSSR count). The van der Waals surface area contributed by atoms with Crippen LogP contribution >= 0.6 is 0 Å². The van der Waals surface area contributed by atoms with Crippen LogP contribution in [0.4, 0.5) is 28.4 Å². The smallest absolute Gasteiger partial charge is 0.0616 e. The van der Waals surface area contributed by atoms with Gasteiger partial charge in [-0.2, -0.15) is 0 Å². The van der Waals surface area contributed by atoms with Crippen LogP contribution in [0.25, 0.3) is 16.8 Å². The summed E-state index contributed by atoms with van der Waals surface area (Å²) >= 11 is 0. The number of fused-ring (bicyclic) bond motifs is 2. The van der Waals surface area contributed by atoms with E-state index in [0.717, 1.165) is 29.9 Å². The van der Waals surface area contributed by atoms with E-state index in [4.69, 9.17) is 0 Å². The first-order valence-electron chi connectivity index (χ1n) is 15.0. The summed E-state index contributed by atoms with van der Waals surface area (Å²) < 4.78 is 0. The summed E-state index contributed by atoms with van der Waals surface area (Å²) in [5.41, 5.74) is 10.8. The van der Waals surface area contributed by atoms with Crippen LogP contribution in [0.1, 0.15) is 23.1 Å². The van der Waals surface area contributed by atoms with Gasteiger partial charge in [0.2, 0.25) is 0 Å². The second-order valence-electron chi connectivity index (χ2n) is 10.9. The number of allylic oxidation sites excluding steroid dienone is 8. The van der Waals surface area contributed by atoms with Gasteiger partial charge in [-0.1, -0.05) is 121 Å². The summed E-state index contributed by atoms with van der Waals surface area (Å²) in [6.45, 7) is 2.21. The third kappa shape index (κ3) is 5.02. The number of hydrogen-bond donors (Lipinski definition) is 0. The van der Waals surface area contributed by atoms with Crippen molar-refractivity contribution in [2.24, 2.45) is 0 Å². The number of rotatable bonds is 6. The van der Waals surface area contributed by atoms with E-state index in [-0.39, 0.29) is 0 Å². The van der Waals surface area contributed by atoms with Crippen LogP contribution in [-0.4, -0.2) is 0 Å². The van der Waals surface area contributed by atoms with Gasteiger partial charge in [-0.05, 0) is 73.4 Å². The number of para-hydroxylation sites is 3. The minimum Gasteiger partial charge on any atom is -0.310 e. The largest absolute Gasteiger partial charge is 0.310 e. The highest BCUT2D eigenvalue weighted by Gasteiger charge is 2.28. The molecule has 5 aromatic rings. The summed E-state index contributed by atoms with van der Waals surface area (Å²) in [4.78, 5) is 4.90. The molecule has 0 heterocycles. The van der Waals surface area contributed by atoms with E-state index >= 15 is 0 Å². The molecule has 0 aliphatic heterocycles. The minimum absolute atomic E-state index is 0.821. The molecule has 0 saturated heterocycles. The zero-order valence-electron chi connectivity index (χ0n) is 24.4. The van der Waals surface area contributed by atoms with Gasteiger partial charge in [-0.25, -0.2) is 0 Å². The Balaban J connectivity index is 1.62. The van der Waals surface area contributed by atoms with Crippen molar-refractivity contribution in [3.8, 4) is 0 Å². The van der Waals surface area contributed by atoms with Crippen molar-refractivity contribution in [2.75, 3.05) is 9.80 Å². The lowest BCUT2D eigenvalue weighted by molar-refractivity contribution is 1.16. The third-order valence-electron chi connectivity index (χ3n) is 8.19. The highest BCUT2D eigenvalue weighted by molar-refractivity contribution is 6.11. The molecule has 2 heteroatoms. The maximum atomic E-state index is 2.47. The molecular weight excluding hydrogens is 520 g/mol. The monoisotopic (exact) mass is 554 g/mol. The zero-order valence-corrected chi connectivity index (χ0v) is 24.4. The van der Waals surface area contributed by atoms with E-state index in [1.165, 1.54) is 44.5 Å². The molecule has 208 valence electrons. The number of anilines is 5. The molecule has 0 aromatic heterocycles. The average Bonchev–Trinajstić information content (AvgIpc) is 3.48. The van der Waals surface area contributed by atoms with Gasteiger partial charge >= 0.3 is 0 Å². The lowest BCUT2D eigenvalue weighted by Crippen LogP contribution is -2.20. The van der Waals surface area contributed by atoms with E-state index in [2.05, 4.69) is 181 Å². The Kier molecular flexibility index (Phi) is 7.33. The predicted molar refractivity (Wildman–Crippen MR) is 185 cm³/mol. The topological polar surface area (TPSA) is 6.48 Å². The number of hydrogen-bond acceptors (Lipinski definition) is 2. The van der Waals surface area contributed by atoms with Gasteiger partial charge < -0.3 is 9.80 Å². The van der Waals surface area contributed by atoms with Crippen LogP contribution < -0.4 is 9.80 Å². The Morgan fingerprint density at radius 3 is 1.91 bits per heavy atom. The predicted octanol–water partition coefficient (Wildman–Crippen LogP) is 11.3. The van der Waals surface area contributed by atoms with Crippen molar-refractivity contribution in [2.45, 2.75) is 19.8 Å². The van der Waals surface area contributed by atoms with Crippen LogP contribution in [0, 0.1) is 6.92 Å². The van der Waals surface area contributed by atoms with Gasteiger partial charge in [-0.15, -0.1) is 0 Å². The average molecular weight is 555 g/mol.